The number of unbranched alkanes of at least 4 members (excludes halogenated alkanes) is 1. The summed E-state index contributed by atoms with van der Waals surface area (Å²) in [6.45, 7) is 7.17. The van der Waals surface area contributed by atoms with Gasteiger partial charge in [-0.05, 0) is 18.8 Å². The van der Waals surface area contributed by atoms with Crippen LogP contribution in [0.15, 0.2) is 0 Å². The number of rotatable bonds is 9. The van der Waals surface area contributed by atoms with Crippen LogP contribution in [0.2, 0.25) is 0 Å². The Kier molecular flexibility index (Phi) is 9.42. The van der Waals surface area contributed by atoms with E-state index in [9.17, 15) is 5.11 Å². The molecule has 0 fully saturated rings. The summed E-state index contributed by atoms with van der Waals surface area (Å²) in [7, 11) is 0. The molecule has 0 aliphatic rings. The van der Waals surface area contributed by atoms with E-state index < -0.39 is 6.29 Å². The Morgan fingerprint density at radius 1 is 1.07 bits per heavy atom. The van der Waals surface area contributed by atoms with Gasteiger partial charge in [0, 0.05) is 0 Å². The van der Waals surface area contributed by atoms with Crippen LogP contribution in [0.5, 0.6) is 0 Å². The van der Waals surface area contributed by atoms with Crippen LogP contribution in [0.25, 0.3) is 0 Å². The van der Waals surface area contributed by atoms with E-state index in [0.717, 1.165) is 25.9 Å². The van der Waals surface area contributed by atoms with Crippen LogP contribution >= 0.6 is 0 Å². The molecule has 0 heterocycles. The quantitative estimate of drug-likeness (QED) is 0.581. The van der Waals surface area contributed by atoms with Crippen molar-refractivity contribution in [3.8, 4) is 0 Å². The fraction of sp³-hybridized carbons (Fsp3) is 1.00. The smallest absolute Gasteiger partial charge is 0.154 e. The molecule has 86 valence electrons. The number of aliphatic hydroxyl groups is 1. The predicted molar refractivity (Wildman–Crippen MR) is 60.2 cm³/mol. The van der Waals surface area contributed by atoms with Crippen molar-refractivity contribution in [2.75, 3.05) is 6.61 Å². The second-order valence-corrected chi connectivity index (χ2v) is 3.99. The molecule has 0 aliphatic heterocycles. The molecule has 2 atom stereocenters. The minimum atomic E-state index is -0.546. The van der Waals surface area contributed by atoms with E-state index in [1.807, 2.05) is 0 Å². The monoisotopic (exact) mass is 202 g/mol. The first-order valence-corrected chi connectivity index (χ1v) is 6.04. The summed E-state index contributed by atoms with van der Waals surface area (Å²) in [4.78, 5) is 0. The third kappa shape index (κ3) is 7.34. The molecule has 14 heavy (non-hydrogen) atoms. The van der Waals surface area contributed by atoms with Gasteiger partial charge in [-0.2, -0.15) is 0 Å². The van der Waals surface area contributed by atoms with Crippen molar-refractivity contribution >= 4 is 0 Å². The van der Waals surface area contributed by atoms with Crippen LogP contribution in [-0.4, -0.2) is 18.0 Å². The standard InChI is InChI=1S/C12H26O2/c1-4-7-9-11(6-3)10-14-12(13)8-5-2/h11-13H,4-10H2,1-3H3. The molecular formula is C12H26O2. The van der Waals surface area contributed by atoms with E-state index in [0.29, 0.717) is 5.92 Å². The normalized spacial score (nSPS) is 15.4. The van der Waals surface area contributed by atoms with E-state index in [4.69, 9.17) is 4.74 Å². The first kappa shape index (κ1) is 13.9. The van der Waals surface area contributed by atoms with Gasteiger partial charge in [-0.25, -0.2) is 0 Å². The fourth-order valence-electron chi connectivity index (χ4n) is 1.48. The van der Waals surface area contributed by atoms with Crippen LogP contribution in [0, 0.1) is 5.92 Å². The largest absolute Gasteiger partial charge is 0.368 e. The zero-order chi connectivity index (χ0) is 10.8. The molecule has 0 aromatic heterocycles. The lowest BCUT2D eigenvalue weighted by Crippen LogP contribution is -2.17. The van der Waals surface area contributed by atoms with Crippen molar-refractivity contribution < 1.29 is 9.84 Å². The number of ether oxygens (including phenoxy) is 1. The first-order valence-electron chi connectivity index (χ1n) is 6.04. The van der Waals surface area contributed by atoms with Gasteiger partial charge in [0.25, 0.3) is 0 Å². The molecule has 0 saturated heterocycles. The maximum Gasteiger partial charge on any atom is 0.154 e. The number of hydrogen-bond donors (Lipinski definition) is 1. The molecule has 0 amide bonds. The maximum absolute atomic E-state index is 9.40. The van der Waals surface area contributed by atoms with Gasteiger partial charge in [-0.15, -0.1) is 0 Å². The highest BCUT2D eigenvalue weighted by molar-refractivity contribution is 4.56. The highest BCUT2D eigenvalue weighted by Gasteiger charge is 2.09. The molecule has 2 nitrogen and oxygen atoms in total. The molecule has 0 aromatic rings. The fourth-order valence-corrected chi connectivity index (χ4v) is 1.48. The zero-order valence-electron chi connectivity index (χ0n) is 9.96. The topological polar surface area (TPSA) is 29.5 Å². The van der Waals surface area contributed by atoms with E-state index in [1.54, 1.807) is 0 Å². The molecule has 0 aliphatic carbocycles. The average molecular weight is 202 g/mol. The summed E-state index contributed by atoms with van der Waals surface area (Å²) < 4.78 is 5.39. The minimum Gasteiger partial charge on any atom is -0.368 e. The van der Waals surface area contributed by atoms with Gasteiger partial charge in [-0.3, -0.25) is 0 Å². The molecule has 0 rings (SSSR count). The molecular weight excluding hydrogens is 176 g/mol. The highest BCUT2D eigenvalue weighted by Crippen LogP contribution is 2.14. The molecule has 0 bridgehead atoms. The van der Waals surface area contributed by atoms with Crippen molar-refractivity contribution in [2.24, 2.45) is 5.92 Å². The van der Waals surface area contributed by atoms with Crippen LogP contribution in [-0.2, 0) is 4.74 Å². The lowest BCUT2D eigenvalue weighted by atomic mass is 10.0. The number of hydrogen-bond acceptors (Lipinski definition) is 2. The van der Waals surface area contributed by atoms with Crippen LogP contribution in [0.1, 0.15) is 59.3 Å². The van der Waals surface area contributed by atoms with Crippen LogP contribution < -0.4 is 0 Å². The van der Waals surface area contributed by atoms with Crippen molar-refractivity contribution in [2.45, 2.75) is 65.6 Å². The van der Waals surface area contributed by atoms with Gasteiger partial charge in [0.05, 0.1) is 6.61 Å². The second-order valence-electron chi connectivity index (χ2n) is 3.99. The third-order valence-corrected chi connectivity index (χ3v) is 2.60. The summed E-state index contributed by atoms with van der Waals surface area (Å²) >= 11 is 0. The predicted octanol–water partition coefficient (Wildman–Crippen LogP) is 3.34. The van der Waals surface area contributed by atoms with Gasteiger partial charge in [0.1, 0.15) is 0 Å². The SMILES string of the molecule is CCCCC(CC)COC(O)CCC. The Balaban J connectivity index is 3.50. The first-order chi connectivity index (χ1) is 6.74. The lowest BCUT2D eigenvalue weighted by Gasteiger charge is -2.17. The third-order valence-electron chi connectivity index (χ3n) is 2.60. The summed E-state index contributed by atoms with van der Waals surface area (Å²) in [5.74, 6) is 0.626. The molecule has 2 unspecified atom stereocenters. The molecule has 1 N–H and O–H groups in total. The molecule has 0 saturated carbocycles. The average Bonchev–Trinajstić information content (AvgIpc) is 2.19. The maximum atomic E-state index is 9.40. The lowest BCUT2D eigenvalue weighted by molar-refractivity contribution is -0.114. The highest BCUT2D eigenvalue weighted by atomic mass is 16.6. The Hall–Kier alpha value is -0.0800. The van der Waals surface area contributed by atoms with E-state index >= 15 is 0 Å². The Morgan fingerprint density at radius 2 is 1.79 bits per heavy atom. The summed E-state index contributed by atoms with van der Waals surface area (Å²) in [6.07, 6.45) is 6.08. The van der Waals surface area contributed by atoms with Crippen LogP contribution in [0.3, 0.4) is 0 Å². The summed E-state index contributed by atoms with van der Waals surface area (Å²) in [5.41, 5.74) is 0. The number of aliphatic hydroxyl groups excluding tert-OH is 1. The van der Waals surface area contributed by atoms with E-state index in [2.05, 4.69) is 20.8 Å². The van der Waals surface area contributed by atoms with Gasteiger partial charge < -0.3 is 9.84 Å². The zero-order valence-corrected chi connectivity index (χ0v) is 9.96. The van der Waals surface area contributed by atoms with Crippen molar-refractivity contribution in [1.82, 2.24) is 0 Å². The Morgan fingerprint density at radius 3 is 2.29 bits per heavy atom. The van der Waals surface area contributed by atoms with Gasteiger partial charge in [0.15, 0.2) is 6.29 Å². The molecule has 0 radical (unpaired) electrons. The Bertz CT molecular complexity index is 115. The van der Waals surface area contributed by atoms with Gasteiger partial charge in [0.2, 0.25) is 0 Å². The Labute approximate surface area is 88.7 Å². The van der Waals surface area contributed by atoms with Crippen molar-refractivity contribution in [1.29, 1.82) is 0 Å². The summed E-state index contributed by atoms with van der Waals surface area (Å²) in [5, 5.41) is 9.40. The molecule has 0 spiro atoms. The van der Waals surface area contributed by atoms with E-state index in [-0.39, 0.29) is 0 Å². The molecule has 0 aromatic carbocycles. The van der Waals surface area contributed by atoms with Crippen LogP contribution in [0.4, 0.5) is 0 Å². The van der Waals surface area contributed by atoms with Gasteiger partial charge >= 0.3 is 0 Å². The van der Waals surface area contributed by atoms with Crippen molar-refractivity contribution in [3.63, 3.8) is 0 Å². The second kappa shape index (κ2) is 9.47. The van der Waals surface area contributed by atoms with E-state index in [1.165, 1.54) is 19.3 Å². The van der Waals surface area contributed by atoms with Gasteiger partial charge in [-0.1, -0.05) is 46.5 Å². The van der Waals surface area contributed by atoms with Crippen molar-refractivity contribution in [3.05, 3.63) is 0 Å². The minimum absolute atomic E-state index is 0.546. The molecule has 2 heteroatoms. The summed E-state index contributed by atoms with van der Waals surface area (Å²) in [6, 6.07) is 0.